The van der Waals surface area contributed by atoms with Crippen LogP contribution in [0.5, 0.6) is 11.5 Å². The first-order chi connectivity index (χ1) is 15.1. The molecule has 0 saturated carbocycles. The zero-order chi connectivity index (χ0) is 23.5. The van der Waals surface area contributed by atoms with Crippen LogP contribution < -0.4 is 14.3 Å². The van der Waals surface area contributed by atoms with E-state index < -0.39 is 29.7 Å². The van der Waals surface area contributed by atoms with Crippen molar-refractivity contribution < 1.29 is 31.8 Å². The van der Waals surface area contributed by atoms with Gasteiger partial charge in [-0.15, -0.1) is 23.2 Å². The lowest BCUT2D eigenvalue weighted by Crippen LogP contribution is -2.52. The minimum Gasteiger partial charge on any atom is -0.421 e. The summed E-state index contributed by atoms with van der Waals surface area (Å²) in [7, 11) is 0. The molecule has 11 heteroatoms. The number of rotatable bonds is 3. The predicted molar refractivity (Wildman–Crippen MR) is 109 cm³/mol. The highest BCUT2D eigenvalue weighted by atomic mass is 32.1. The number of alkyl halides is 4. The number of fused-ring (bicyclic) bond motifs is 1. The van der Waals surface area contributed by atoms with Crippen LogP contribution in [0.1, 0.15) is 18.7 Å². The number of benzene rings is 1. The number of halogens is 4. The van der Waals surface area contributed by atoms with Gasteiger partial charge >= 0.3 is 18.2 Å². The monoisotopic (exact) mass is 467 g/mol. The summed E-state index contributed by atoms with van der Waals surface area (Å²) in [6.45, 7) is 5.31. The molecule has 0 aliphatic carbocycles. The normalized spacial score (nSPS) is 15.8. The molecule has 0 fully saturated rings. The first kappa shape index (κ1) is 23.2. The lowest BCUT2D eigenvalue weighted by atomic mass is 10.2. The molecule has 0 radical (unpaired) electrons. The molecule has 2 aromatic rings. The third kappa shape index (κ3) is 4.73. The zero-order valence-corrected chi connectivity index (χ0v) is 18.0. The largest absolute Gasteiger partial charge is 0.507 e. The average Bonchev–Trinajstić information content (AvgIpc) is 3.08. The van der Waals surface area contributed by atoms with E-state index in [0.717, 1.165) is 17.0 Å². The number of carbonyl (C=O) groups is 1. The zero-order valence-electron chi connectivity index (χ0n) is 17.2. The van der Waals surface area contributed by atoms with E-state index in [1.807, 2.05) is 0 Å². The lowest BCUT2D eigenvalue weighted by Gasteiger charge is -2.31. The van der Waals surface area contributed by atoms with Crippen molar-refractivity contribution in [3.63, 3.8) is 0 Å². The minimum absolute atomic E-state index is 0.130. The van der Waals surface area contributed by atoms with Gasteiger partial charge in [-0.1, -0.05) is 11.8 Å². The Morgan fingerprint density at radius 2 is 1.69 bits per heavy atom. The molecule has 1 aromatic carbocycles. The summed E-state index contributed by atoms with van der Waals surface area (Å²) in [5.41, 5.74) is 0.262. The van der Waals surface area contributed by atoms with E-state index in [1.54, 1.807) is 27.0 Å². The van der Waals surface area contributed by atoms with Crippen molar-refractivity contribution in [1.82, 2.24) is 9.47 Å². The van der Waals surface area contributed by atoms with Crippen LogP contribution in [-0.4, -0.2) is 40.8 Å². The molecular formula is C21H17F4N3O3S. The minimum atomic E-state index is -4.84. The van der Waals surface area contributed by atoms with Gasteiger partial charge in [-0.3, -0.25) is 4.57 Å². The standard InChI is InChI=1S/C21H17F4N3O3S/c1-4-6-10-27(11-7-5-2)18(29)26-19-28(13-14(3)32-19)15-8-9-16-17(12-15)31-21(24,25)20(22,23)30-16/h8-9,12-13H,10-11H2,1-3H3. The van der Waals surface area contributed by atoms with Gasteiger partial charge in [0, 0.05) is 17.1 Å². The molecule has 0 atom stereocenters. The van der Waals surface area contributed by atoms with Crippen LogP contribution in [0.2, 0.25) is 0 Å². The highest BCUT2D eigenvalue weighted by Crippen LogP contribution is 2.47. The van der Waals surface area contributed by atoms with Crippen molar-refractivity contribution in [3.05, 3.63) is 34.1 Å². The second kappa shape index (κ2) is 8.97. The first-order valence-corrected chi connectivity index (χ1v) is 9.99. The summed E-state index contributed by atoms with van der Waals surface area (Å²) in [6.07, 6.45) is -8.01. The number of aromatic nitrogens is 1. The molecule has 1 aliphatic rings. The number of ether oxygens (including phenoxy) is 2. The van der Waals surface area contributed by atoms with E-state index in [2.05, 4.69) is 38.1 Å². The molecule has 1 aromatic heterocycles. The van der Waals surface area contributed by atoms with E-state index in [0.29, 0.717) is 0 Å². The topological polar surface area (TPSA) is 56.1 Å². The fourth-order valence-corrected chi connectivity index (χ4v) is 3.44. The van der Waals surface area contributed by atoms with Gasteiger partial charge in [0.15, 0.2) is 16.3 Å². The Labute approximate surface area is 185 Å². The maximum Gasteiger partial charge on any atom is 0.507 e. The molecule has 1 aliphatic heterocycles. The van der Waals surface area contributed by atoms with Gasteiger partial charge in [0.2, 0.25) is 0 Å². The van der Waals surface area contributed by atoms with Crippen molar-refractivity contribution in [2.24, 2.45) is 4.99 Å². The van der Waals surface area contributed by atoms with E-state index in [4.69, 9.17) is 0 Å². The molecule has 32 heavy (non-hydrogen) atoms. The third-order valence-electron chi connectivity index (χ3n) is 4.15. The summed E-state index contributed by atoms with van der Waals surface area (Å²) in [5, 5.41) is 0. The molecule has 3 rings (SSSR count). The Bertz CT molecular complexity index is 1210. The van der Waals surface area contributed by atoms with Crippen LogP contribution >= 0.6 is 11.3 Å². The van der Waals surface area contributed by atoms with E-state index >= 15 is 0 Å². The van der Waals surface area contributed by atoms with Gasteiger partial charge in [0.1, 0.15) is 0 Å². The molecule has 2 heterocycles. The Kier molecular flexibility index (Phi) is 6.51. The molecule has 168 valence electrons. The number of nitrogens with zero attached hydrogens (tertiary/aromatic N) is 3. The fourth-order valence-electron chi connectivity index (χ4n) is 2.62. The van der Waals surface area contributed by atoms with Gasteiger partial charge in [-0.25, -0.2) is 4.79 Å². The number of urea groups is 1. The summed E-state index contributed by atoms with van der Waals surface area (Å²) in [5.74, 6) is 9.87. The Morgan fingerprint density at radius 1 is 1.09 bits per heavy atom. The van der Waals surface area contributed by atoms with E-state index in [-0.39, 0.29) is 23.6 Å². The maximum atomic E-state index is 13.6. The van der Waals surface area contributed by atoms with Gasteiger partial charge in [-0.2, -0.15) is 22.6 Å². The predicted octanol–water partition coefficient (Wildman–Crippen LogP) is 4.17. The second-order valence-electron chi connectivity index (χ2n) is 6.47. The Hall–Kier alpha value is -3.44. The number of carbonyl (C=O) groups excluding carboxylic acids is 1. The fraction of sp³-hybridized carbons (Fsp3) is 0.333. The van der Waals surface area contributed by atoms with Crippen LogP contribution in [0.25, 0.3) is 5.69 Å². The Morgan fingerprint density at radius 3 is 2.28 bits per heavy atom. The molecule has 0 bridgehead atoms. The number of amides is 2. The van der Waals surface area contributed by atoms with E-state index in [1.165, 1.54) is 26.9 Å². The van der Waals surface area contributed by atoms with Crippen LogP contribution in [0.3, 0.4) is 0 Å². The van der Waals surface area contributed by atoms with Crippen molar-refractivity contribution in [3.8, 4) is 40.9 Å². The van der Waals surface area contributed by atoms with Crippen LogP contribution in [0.15, 0.2) is 29.4 Å². The second-order valence-corrected chi connectivity index (χ2v) is 7.68. The smallest absolute Gasteiger partial charge is 0.421 e. The SMILES string of the molecule is CC#CCN(CC#CC)C(=O)N=c1sc(C)cn1-c1ccc2c(c1)OC(F)(F)C(F)(F)O2. The number of hydrogen-bond donors (Lipinski definition) is 0. The third-order valence-corrected chi connectivity index (χ3v) is 5.04. The summed E-state index contributed by atoms with van der Waals surface area (Å²) in [4.78, 5) is 19.2. The van der Waals surface area contributed by atoms with Crippen molar-refractivity contribution >= 4 is 17.4 Å². The van der Waals surface area contributed by atoms with Gasteiger partial charge in [-0.05, 0) is 32.9 Å². The quantitative estimate of drug-likeness (QED) is 0.503. The Balaban J connectivity index is 2.00. The van der Waals surface area contributed by atoms with Gasteiger partial charge in [0.25, 0.3) is 0 Å². The molecule has 0 unspecified atom stereocenters. The van der Waals surface area contributed by atoms with E-state index in [9.17, 15) is 22.4 Å². The van der Waals surface area contributed by atoms with Crippen LogP contribution in [0, 0.1) is 30.6 Å². The number of thiazole rings is 1. The molecular weight excluding hydrogens is 450 g/mol. The van der Waals surface area contributed by atoms with Crippen LogP contribution in [-0.2, 0) is 0 Å². The molecule has 6 nitrogen and oxygen atoms in total. The number of hydrogen-bond acceptors (Lipinski definition) is 4. The molecule has 0 N–H and O–H groups in total. The van der Waals surface area contributed by atoms with Crippen molar-refractivity contribution in [2.45, 2.75) is 33.0 Å². The maximum absolute atomic E-state index is 13.6. The van der Waals surface area contributed by atoms with Crippen molar-refractivity contribution in [1.29, 1.82) is 0 Å². The summed E-state index contributed by atoms with van der Waals surface area (Å²) >= 11 is 1.18. The summed E-state index contributed by atoms with van der Waals surface area (Å²) in [6, 6.07) is 2.96. The lowest BCUT2D eigenvalue weighted by molar-refractivity contribution is -0.391. The highest BCUT2D eigenvalue weighted by molar-refractivity contribution is 7.09. The molecule has 0 saturated heterocycles. The van der Waals surface area contributed by atoms with Gasteiger partial charge in [0.05, 0.1) is 18.8 Å². The molecule has 2 amide bonds. The number of aryl methyl sites for hydroxylation is 1. The average molecular weight is 467 g/mol. The summed E-state index contributed by atoms with van der Waals surface area (Å²) < 4.78 is 63.6. The molecule has 0 spiro atoms. The van der Waals surface area contributed by atoms with Crippen LogP contribution in [0.4, 0.5) is 22.4 Å². The highest BCUT2D eigenvalue weighted by Gasteiger charge is 2.65. The van der Waals surface area contributed by atoms with Crippen molar-refractivity contribution in [2.75, 3.05) is 13.1 Å². The van der Waals surface area contributed by atoms with Gasteiger partial charge < -0.3 is 14.4 Å². The first-order valence-electron chi connectivity index (χ1n) is 9.18.